The Morgan fingerprint density at radius 2 is 1.12 bits per heavy atom. The number of rotatable bonds is 25. The van der Waals surface area contributed by atoms with E-state index in [1.54, 1.807) is 18.2 Å². The number of fused-ring (bicyclic) bond motifs is 6. The molecule has 0 amide bonds. The predicted molar refractivity (Wildman–Crippen MR) is 227 cm³/mol. The van der Waals surface area contributed by atoms with Gasteiger partial charge in [0.05, 0.1) is 11.1 Å². The maximum atomic E-state index is 13.5. The topological polar surface area (TPSA) is 74.3 Å². The third kappa shape index (κ3) is 11.6. The Morgan fingerprint density at radius 1 is 0.625 bits per heavy atom. The van der Waals surface area contributed by atoms with Crippen molar-refractivity contribution in [2.24, 2.45) is 0 Å². The molecule has 1 unspecified atom stereocenters. The van der Waals surface area contributed by atoms with Gasteiger partial charge in [0.2, 0.25) is 0 Å². The van der Waals surface area contributed by atoms with E-state index in [2.05, 4.69) is 36.9 Å². The van der Waals surface area contributed by atoms with E-state index < -0.39 is 17.2 Å². The second kappa shape index (κ2) is 21.6. The van der Waals surface area contributed by atoms with Gasteiger partial charge in [-0.3, -0.25) is 4.89 Å². The summed E-state index contributed by atoms with van der Waals surface area (Å²) in [7, 11) is 0. The van der Waals surface area contributed by atoms with E-state index in [1.807, 2.05) is 45.0 Å². The van der Waals surface area contributed by atoms with Crippen LogP contribution in [0.2, 0.25) is 0 Å². The van der Waals surface area contributed by atoms with Crippen molar-refractivity contribution in [3.63, 3.8) is 0 Å². The summed E-state index contributed by atoms with van der Waals surface area (Å²) in [6.45, 7) is 12.0. The van der Waals surface area contributed by atoms with Crippen LogP contribution in [0.1, 0.15) is 200 Å². The Balaban J connectivity index is 1.35. The monoisotopic (exact) mass is 768 g/mol. The van der Waals surface area contributed by atoms with E-state index in [0.717, 1.165) is 42.7 Å². The first-order valence-corrected chi connectivity index (χ1v) is 22.1. The Kier molecular flexibility index (Phi) is 16.7. The zero-order valence-electron chi connectivity index (χ0n) is 35.2. The van der Waals surface area contributed by atoms with Crippen molar-refractivity contribution in [3.05, 3.63) is 88.5 Å². The standard InChI is InChI=1S/C49H69NO6/c1-6-8-10-12-14-16-18-20-22-26-34-50(35-27-23-21-19-17-15-13-11-9-7-2)39-31-33-43-45(37-39)53-44-36-38(46(51)55-56-48(3,4)5)30-32-42(44)49(43)41-29-25-24-28-40(41)47(52)54-49/h24-25,28-33,36-37H,6-23,26-27,34-35H2,1-5H3. The maximum absolute atomic E-state index is 13.5. The van der Waals surface area contributed by atoms with Gasteiger partial charge >= 0.3 is 11.9 Å². The summed E-state index contributed by atoms with van der Waals surface area (Å²) in [5.41, 5.74) is 2.24. The highest BCUT2D eigenvalue weighted by Crippen LogP contribution is 2.56. The number of ether oxygens (including phenoxy) is 2. The lowest BCUT2D eigenvalue weighted by molar-refractivity contribution is -0.301. The summed E-state index contributed by atoms with van der Waals surface area (Å²) in [4.78, 5) is 39.6. The van der Waals surface area contributed by atoms with Gasteiger partial charge in [-0.15, -0.1) is 0 Å². The van der Waals surface area contributed by atoms with Gasteiger partial charge in [0.25, 0.3) is 0 Å². The lowest BCUT2D eigenvalue weighted by atomic mass is 9.77. The minimum atomic E-state index is -1.21. The predicted octanol–water partition coefficient (Wildman–Crippen LogP) is 13.8. The molecular weight excluding hydrogens is 699 g/mol. The number of benzene rings is 3. The number of carbonyl (C=O) groups excluding carboxylic acids is 2. The number of hydrogen-bond donors (Lipinski definition) is 0. The van der Waals surface area contributed by atoms with Crippen molar-refractivity contribution < 1.29 is 28.8 Å². The number of nitrogens with zero attached hydrogens (tertiary/aromatic N) is 1. The molecule has 0 saturated carbocycles. The van der Waals surface area contributed by atoms with E-state index in [9.17, 15) is 9.59 Å². The van der Waals surface area contributed by atoms with Gasteiger partial charge in [-0.2, -0.15) is 4.89 Å². The van der Waals surface area contributed by atoms with Crippen molar-refractivity contribution in [2.75, 3.05) is 18.0 Å². The van der Waals surface area contributed by atoms with Gasteiger partial charge in [0.15, 0.2) is 5.60 Å². The van der Waals surface area contributed by atoms with Crippen LogP contribution in [-0.4, -0.2) is 30.6 Å². The molecule has 0 radical (unpaired) electrons. The molecule has 306 valence electrons. The number of anilines is 1. The quantitative estimate of drug-likeness (QED) is 0.0368. The number of carbonyl (C=O) groups is 2. The first-order chi connectivity index (χ1) is 27.2. The van der Waals surface area contributed by atoms with Crippen LogP contribution < -0.4 is 9.64 Å². The van der Waals surface area contributed by atoms with E-state index in [0.29, 0.717) is 22.6 Å². The molecule has 1 atom stereocenters. The van der Waals surface area contributed by atoms with E-state index in [4.69, 9.17) is 19.2 Å². The molecule has 7 heteroatoms. The summed E-state index contributed by atoms with van der Waals surface area (Å²) >= 11 is 0. The van der Waals surface area contributed by atoms with Crippen LogP contribution in [0.4, 0.5) is 5.69 Å². The highest BCUT2D eigenvalue weighted by atomic mass is 17.2. The first kappa shape index (κ1) is 43.3. The maximum Gasteiger partial charge on any atom is 0.373 e. The molecule has 0 saturated heterocycles. The van der Waals surface area contributed by atoms with Crippen molar-refractivity contribution in [1.29, 1.82) is 0 Å². The van der Waals surface area contributed by atoms with Crippen LogP contribution in [0.3, 0.4) is 0 Å². The fraction of sp³-hybridized carbons (Fsp3) is 0.592. The fourth-order valence-electron chi connectivity index (χ4n) is 8.15. The molecule has 0 bridgehead atoms. The van der Waals surface area contributed by atoms with Gasteiger partial charge in [0.1, 0.15) is 17.1 Å². The fourth-order valence-corrected chi connectivity index (χ4v) is 8.15. The van der Waals surface area contributed by atoms with Crippen LogP contribution in [0, 0.1) is 0 Å². The smallest absolute Gasteiger partial charge is 0.373 e. The van der Waals surface area contributed by atoms with E-state index >= 15 is 0 Å². The Labute approximate surface area is 337 Å². The number of unbranched alkanes of at least 4 members (excludes halogenated alkanes) is 18. The summed E-state index contributed by atoms with van der Waals surface area (Å²) < 4.78 is 13.1. The molecule has 3 aromatic carbocycles. The Bertz CT molecular complexity index is 1670. The second-order valence-electron chi connectivity index (χ2n) is 17.0. The van der Waals surface area contributed by atoms with Crippen LogP contribution in [0.25, 0.3) is 0 Å². The van der Waals surface area contributed by atoms with Crippen LogP contribution in [0.15, 0.2) is 60.7 Å². The van der Waals surface area contributed by atoms with Crippen LogP contribution in [-0.2, 0) is 20.1 Å². The zero-order chi connectivity index (χ0) is 39.8. The van der Waals surface area contributed by atoms with Gasteiger partial charge in [0, 0.05) is 41.5 Å². The molecule has 0 aromatic heterocycles. The average Bonchev–Trinajstić information content (AvgIpc) is 3.48. The van der Waals surface area contributed by atoms with Crippen LogP contribution in [0.5, 0.6) is 11.5 Å². The molecule has 1 spiro atoms. The van der Waals surface area contributed by atoms with Crippen molar-refractivity contribution in [1.82, 2.24) is 0 Å². The lowest BCUT2D eigenvalue weighted by Crippen LogP contribution is -2.33. The van der Waals surface area contributed by atoms with E-state index in [-0.39, 0.29) is 11.5 Å². The molecule has 0 fully saturated rings. The molecule has 56 heavy (non-hydrogen) atoms. The molecule has 0 N–H and O–H groups in total. The normalized spacial score (nSPS) is 15.6. The Morgan fingerprint density at radius 3 is 1.68 bits per heavy atom. The number of esters is 1. The highest BCUT2D eigenvalue weighted by molar-refractivity contribution is 5.97. The minimum Gasteiger partial charge on any atom is -0.456 e. The summed E-state index contributed by atoms with van der Waals surface area (Å²) in [6.07, 6.45) is 26.1. The largest absolute Gasteiger partial charge is 0.456 e. The first-order valence-electron chi connectivity index (χ1n) is 22.1. The molecular formula is C49H69NO6. The van der Waals surface area contributed by atoms with Gasteiger partial charge in [-0.1, -0.05) is 148 Å². The summed E-state index contributed by atoms with van der Waals surface area (Å²) in [6, 6.07) is 19.1. The molecule has 7 nitrogen and oxygen atoms in total. The van der Waals surface area contributed by atoms with Crippen molar-refractivity contribution in [3.8, 4) is 11.5 Å². The van der Waals surface area contributed by atoms with Crippen molar-refractivity contribution >= 4 is 17.6 Å². The molecule has 0 aliphatic carbocycles. The number of hydrogen-bond acceptors (Lipinski definition) is 7. The SMILES string of the molecule is CCCCCCCCCCCCN(CCCCCCCCCCCC)c1ccc2c(c1)Oc1cc(C(=O)OOC(C)(C)C)ccc1C21OC(=O)c2ccccc21. The lowest BCUT2D eigenvalue weighted by Gasteiger charge is -2.37. The van der Waals surface area contributed by atoms with E-state index in [1.165, 1.54) is 116 Å². The van der Waals surface area contributed by atoms with Gasteiger partial charge < -0.3 is 14.4 Å². The van der Waals surface area contributed by atoms with Crippen molar-refractivity contribution in [2.45, 2.75) is 174 Å². The Hall–Kier alpha value is -3.84. The third-order valence-electron chi connectivity index (χ3n) is 11.2. The highest BCUT2D eigenvalue weighted by Gasteiger charge is 2.53. The summed E-state index contributed by atoms with van der Waals surface area (Å²) in [5, 5.41) is 0. The minimum absolute atomic E-state index is 0.281. The second-order valence-corrected chi connectivity index (χ2v) is 17.0. The summed E-state index contributed by atoms with van der Waals surface area (Å²) in [5.74, 6) is 0.0596. The molecule has 2 aliphatic heterocycles. The van der Waals surface area contributed by atoms with Gasteiger partial charge in [-0.25, -0.2) is 9.59 Å². The molecule has 2 aliphatic rings. The zero-order valence-corrected chi connectivity index (χ0v) is 35.2. The average molecular weight is 768 g/mol. The van der Waals surface area contributed by atoms with Gasteiger partial charge in [-0.05, 0) is 70.0 Å². The molecule has 2 heterocycles. The molecule has 3 aromatic rings. The van der Waals surface area contributed by atoms with Crippen LogP contribution >= 0.6 is 0 Å². The molecule has 5 rings (SSSR count). The third-order valence-corrected chi connectivity index (χ3v) is 11.2.